The van der Waals surface area contributed by atoms with Gasteiger partial charge in [0.1, 0.15) is 0 Å². The summed E-state index contributed by atoms with van der Waals surface area (Å²) in [6.07, 6.45) is 5.46. The van der Waals surface area contributed by atoms with E-state index in [4.69, 9.17) is 12.2 Å². The van der Waals surface area contributed by atoms with Crippen LogP contribution in [0.4, 0.5) is 5.69 Å². The van der Waals surface area contributed by atoms with E-state index in [1.807, 2.05) is 0 Å². The van der Waals surface area contributed by atoms with Crippen LogP contribution in [-0.4, -0.2) is 14.5 Å². The predicted molar refractivity (Wildman–Crippen MR) is 71.8 cm³/mol. The van der Waals surface area contributed by atoms with Crippen molar-refractivity contribution >= 4 is 31.6 Å². The zero-order valence-corrected chi connectivity index (χ0v) is 11.7. The van der Waals surface area contributed by atoms with Crippen LogP contribution in [0.15, 0.2) is 27.6 Å². The molecule has 92 valence electrons. The van der Waals surface area contributed by atoms with Gasteiger partial charge >= 0.3 is 0 Å². The molecule has 0 aliphatic rings. The lowest BCUT2D eigenvalue weighted by Gasteiger charge is -2.13. The first kappa shape index (κ1) is 14.0. The third-order valence-corrected chi connectivity index (χ3v) is 4.61. The summed E-state index contributed by atoms with van der Waals surface area (Å²) in [5.41, 5.74) is 5.96. The van der Waals surface area contributed by atoms with Gasteiger partial charge in [-0.15, -0.1) is 12.3 Å². The van der Waals surface area contributed by atoms with Crippen LogP contribution in [0.25, 0.3) is 0 Å². The topological polar surface area (TPSA) is 72.2 Å². The predicted octanol–water partition coefficient (Wildman–Crippen LogP) is 1.72. The Bertz CT molecular complexity index is 549. The van der Waals surface area contributed by atoms with Gasteiger partial charge in [0.05, 0.1) is 4.90 Å². The maximum atomic E-state index is 12.0. The van der Waals surface area contributed by atoms with Crippen LogP contribution >= 0.6 is 15.9 Å². The van der Waals surface area contributed by atoms with Crippen LogP contribution in [0.1, 0.15) is 13.3 Å². The van der Waals surface area contributed by atoms with Crippen molar-refractivity contribution in [2.45, 2.75) is 24.3 Å². The molecule has 0 fully saturated rings. The minimum Gasteiger partial charge on any atom is -0.399 e. The molecule has 0 aromatic heterocycles. The lowest BCUT2D eigenvalue weighted by atomic mass is 10.3. The zero-order chi connectivity index (χ0) is 13.1. The van der Waals surface area contributed by atoms with Crippen molar-refractivity contribution < 1.29 is 8.42 Å². The molecule has 0 amide bonds. The number of halogens is 1. The molecule has 1 aromatic carbocycles. The van der Waals surface area contributed by atoms with E-state index in [0.717, 1.165) is 0 Å². The SMILES string of the molecule is C#CCC(C)NS(=O)(=O)c1cc(N)ccc1Br. The number of nitrogens with one attached hydrogen (secondary N) is 1. The van der Waals surface area contributed by atoms with Gasteiger partial charge in [0.2, 0.25) is 10.0 Å². The van der Waals surface area contributed by atoms with E-state index >= 15 is 0 Å². The molecule has 0 aliphatic heterocycles. The van der Waals surface area contributed by atoms with Crippen LogP contribution in [0, 0.1) is 12.3 Å². The van der Waals surface area contributed by atoms with Crippen molar-refractivity contribution in [3.8, 4) is 12.3 Å². The number of nitrogens with two attached hydrogens (primary N) is 1. The van der Waals surface area contributed by atoms with Crippen LogP contribution in [-0.2, 0) is 10.0 Å². The first-order chi connectivity index (χ1) is 7.86. The lowest BCUT2D eigenvalue weighted by molar-refractivity contribution is 0.563. The molecule has 1 unspecified atom stereocenters. The second-order valence-electron chi connectivity index (χ2n) is 3.62. The Kier molecular flexibility index (Phi) is 4.57. The Hall–Kier alpha value is -1.03. The summed E-state index contributed by atoms with van der Waals surface area (Å²) in [5, 5.41) is 0. The third-order valence-electron chi connectivity index (χ3n) is 2.03. The summed E-state index contributed by atoms with van der Waals surface area (Å²) in [6.45, 7) is 1.71. The van der Waals surface area contributed by atoms with Gasteiger partial charge in [-0.1, -0.05) is 0 Å². The van der Waals surface area contributed by atoms with Gasteiger partial charge in [-0.3, -0.25) is 0 Å². The highest BCUT2D eigenvalue weighted by Gasteiger charge is 2.19. The Morgan fingerprint density at radius 2 is 2.24 bits per heavy atom. The molecular formula is C11H13BrN2O2S. The summed E-state index contributed by atoms with van der Waals surface area (Å²) < 4.78 is 27.0. The highest BCUT2D eigenvalue weighted by molar-refractivity contribution is 9.10. The highest BCUT2D eigenvalue weighted by Crippen LogP contribution is 2.24. The highest BCUT2D eigenvalue weighted by atomic mass is 79.9. The Morgan fingerprint density at radius 1 is 1.59 bits per heavy atom. The van der Waals surface area contributed by atoms with E-state index in [1.54, 1.807) is 19.1 Å². The molecule has 1 rings (SSSR count). The van der Waals surface area contributed by atoms with Gasteiger partial charge < -0.3 is 5.73 Å². The average molecular weight is 317 g/mol. The van der Waals surface area contributed by atoms with Crippen molar-refractivity contribution in [1.29, 1.82) is 0 Å². The van der Waals surface area contributed by atoms with E-state index in [9.17, 15) is 8.42 Å². The standard InChI is InChI=1S/C11H13BrN2O2S/c1-3-4-8(2)14-17(15,16)11-7-9(13)5-6-10(11)12/h1,5-8,14H,4,13H2,2H3. The molecule has 0 aliphatic carbocycles. The van der Waals surface area contributed by atoms with E-state index < -0.39 is 10.0 Å². The fourth-order valence-corrected chi connectivity index (χ4v) is 3.51. The summed E-state index contributed by atoms with van der Waals surface area (Å²) in [5.74, 6) is 2.40. The summed E-state index contributed by atoms with van der Waals surface area (Å²) in [7, 11) is -3.61. The minimum atomic E-state index is -3.61. The molecule has 4 nitrogen and oxygen atoms in total. The maximum Gasteiger partial charge on any atom is 0.242 e. The van der Waals surface area contributed by atoms with Gasteiger partial charge in [-0.05, 0) is 41.1 Å². The summed E-state index contributed by atoms with van der Waals surface area (Å²) >= 11 is 3.18. The minimum absolute atomic E-state index is 0.112. The molecule has 0 radical (unpaired) electrons. The Morgan fingerprint density at radius 3 is 2.82 bits per heavy atom. The quantitative estimate of drug-likeness (QED) is 0.656. The fraction of sp³-hybridized carbons (Fsp3) is 0.273. The van der Waals surface area contributed by atoms with Crippen LogP contribution in [0.5, 0.6) is 0 Å². The molecule has 0 heterocycles. The first-order valence-corrected chi connectivity index (χ1v) is 7.15. The smallest absolute Gasteiger partial charge is 0.242 e. The number of terminal acetylenes is 1. The molecule has 3 N–H and O–H groups in total. The average Bonchev–Trinajstić information content (AvgIpc) is 2.21. The van der Waals surface area contributed by atoms with E-state index in [2.05, 4.69) is 26.6 Å². The second-order valence-corrected chi connectivity index (χ2v) is 6.16. The van der Waals surface area contributed by atoms with Gasteiger partial charge in [0.15, 0.2) is 0 Å². The molecule has 6 heteroatoms. The molecule has 1 atom stereocenters. The molecule has 0 spiro atoms. The van der Waals surface area contributed by atoms with Crippen molar-refractivity contribution in [1.82, 2.24) is 4.72 Å². The number of rotatable bonds is 4. The molecule has 0 saturated heterocycles. The third kappa shape index (κ3) is 3.73. The summed E-state index contributed by atoms with van der Waals surface area (Å²) in [6, 6.07) is 4.29. The zero-order valence-electron chi connectivity index (χ0n) is 9.27. The Labute approximate surface area is 110 Å². The fourth-order valence-electron chi connectivity index (χ4n) is 1.27. The van der Waals surface area contributed by atoms with Crippen LogP contribution in [0.2, 0.25) is 0 Å². The Balaban J connectivity index is 3.06. The normalized spacial score (nSPS) is 13.0. The maximum absolute atomic E-state index is 12.0. The number of nitrogen functional groups attached to an aromatic ring is 1. The molecular weight excluding hydrogens is 304 g/mol. The molecule has 0 bridgehead atoms. The molecule has 1 aromatic rings. The number of hydrogen-bond acceptors (Lipinski definition) is 3. The van der Waals surface area contributed by atoms with E-state index in [0.29, 0.717) is 16.6 Å². The van der Waals surface area contributed by atoms with Gasteiger partial charge in [-0.25, -0.2) is 13.1 Å². The second kappa shape index (κ2) is 5.54. The number of benzene rings is 1. The van der Waals surface area contributed by atoms with Crippen LogP contribution in [0.3, 0.4) is 0 Å². The van der Waals surface area contributed by atoms with Crippen LogP contribution < -0.4 is 10.5 Å². The molecule has 0 saturated carbocycles. The van der Waals surface area contributed by atoms with Crippen molar-refractivity contribution in [3.05, 3.63) is 22.7 Å². The van der Waals surface area contributed by atoms with Gasteiger partial charge in [0, 0.05) is 22.6 Å². The first-order valence-electron chi connectivity index (χ1n) is 4.87. The van der Waals surface area contributed by atoms with E-state index in [1.165, 1.54) is 6.07 Å². The lowest BCUT2D eigenvalue weighted by Crippen LogP contribution is -2.32. The van der Waals surface area contributed by atoms with Crippen molar-refractivity contribution in [2.24, 2.45) is 0 Å². The van der Waals surface area contributed by atoms with Gasteiger partial charge in [-0.2, -0.15) is 0 Å². The van der Waals surface area contributed by atoms with E-state index in [-0.39, 0.29) is 10.9 Å². The largest absolute Gasteiger partial charge is 0.399 e. The summed E-state index contributed by atoms with van der Waals surface area (Å²) in [4.78, 5) is 0.112. The van der Waals surface area contributed by atoms with Crippen molar-refractivity contribution in [3.63, 3.8) is 0 Å². The number of sulfonamides is 1. The number of anilines is 1. The van der Waals surface area contributed by atoms with Crippen molar-refractivity contribution in [2.75, 3.05) is 5.73 Å². The number of hydrogen-bond donors (Lipinski definition) is 2. The molecule has 17 heavy (non-hydrogen) atoms. The van der Waals surface area contributed by atoms with Gasteiger partial charge in [0.25, 0.3) is 0 Å². The monoisotopic (exact) mass is 316 g/mol.